The quantitative estimate of drug-likeness (QED) is 0.476. The molecular weight excluding hydrogens is 322 g/mol. The summed E-state index contributed by atoms with van der Waals surface area (Å²) in [5.74, 6) is 0. The molecule has 0 bridgehead atoms. The van der Waals surface area contributed by atoms with E-state index < -0.39 is 13.9 Å². The van der Waals surface area contributed by atoms with E-state index >= 15 is 0 Å². The maximum absolute atomic E-state index is 10.1. The van der Waals surface area contributed by atoms with Crippen LogP contribution in [0.15, 0.2) is 0 Å². The van der Waals surface area contributed by atoms with E-state index in [-0.39, 0.29) is 18.8 Å². The number of aliphatic hydroxyl groups excluding tert-OH is 1. The predicted octanol–water partition coefficient (Wildman–Crippen LogP) is 3.78. The molecule has 1 N–H and O–H groups in total. The molecule has 3 aliphatic rings. The van der Waals surface area contributed by atoms with Gasteiger partial charge in [-0.2, -0.15) is 0 Å². The van der Waals surface area contributed by atoms with Crippen molar-refractivity contribution in [3.63, 3.8) is 0 Å². The van der Waals surface area contributed by atoms with Gasteiger partial charge in [-0.1, -0.05) is 63.5 Å². The number of unbranched alkanes of at least 4 members (excludes halogenated alkanes) is 7. The van der Waals surface area contributed by atoms with Crippen molar-refractivity contribution in [1.29, 1.82) is 0 Å². The summed E-state index contributed by atoms with van der Waals surface area (Å²) in [4.78, 5) is 11.8. The Labute approximate surface area is 147 Å². The number of rotatable bonds is 10. The molecular formula is C18H35NO4Si. The number of hydrogen-bond acceptors (Lipinski definition) is 5. The van der Waals surface area contributed by atoms with E-state index in [9.17, 15) is 5.11 Å². The zero-order chi connectivity index (χ0) is 17.2. The Bertz CT molecular complexity index is 422. The Balaban J connectivity index is 1.45. The SMILES string of the molecule is CCCCCCCCCC[C@@H]1ON2OC[C@H]3[C@]2(CO)[C@@H]1O[Si]3(C)C. The minimum atomic E-state index is -1.84. The van der Waals surface area contributed by atoms with Crippen molar-refractivity contribution >= 4 is 8.32 Å². The summed E-state index contributed by atoms with van der Waals surface area (Å²) in [6, 6.07) is 0. The highest BCUT2D eigenvalue weighted by molar-refractivity contribution is 6.74. The van der Waals surface area contributed by atoms with Crippen LogP contribution in [0, 0.1) is 0 Å². The molecule has 0 aromatic carbocycles. The molecule has 3 heterocycles. The largest absolute Gasteiger partial charge is 0.409 e. The Morgan fingerprint density at radius 2 is 1.75 bits per heavy atom. The van der Waals surface area contributed by atoms with Crippen molar-refractivity contribution in [3.05, 3.63) is 0 Å². The number of hydroxylamine groups is 2. The standard InChI is InChI=1S/C18H35NO4Si/c1-4-5-6-7-8-9-10-11-12-15-17-18(14-20)16(24(2,3)23-17)13-21-19(18)22-15/h15-17,20H,4-14H2,1-3H3/t15-,16-,17+,18+/m0/s1. The fraction of sp³-hybridized carbons (Fsp3) is 1.00. The smallest absolute Gasteiger partial charge is 0.195 e. The zero-order valence-corrected chi connectivity index (χ0v) is 16.6. The first-order valence-electron chi connectivity index (χ1n) is 9.95. The summed E-state index contributed by atoms with van der Waals surface area (Å²) in [7, 11) is -1.84. The Kier molecular flexibility index (Phi) is 6.05. The number of aliphatic hydroxyl groups is 1. The fourth-order valence-electron chi connectivity index (χ4n) is 4.80. The van der Waals surface area contributed by atoms with Crippen LogP contribution in [0.2, 0.25) is 18.6 Å². The third kappa shape index (κ3) is 3.21. The number of hydrogen-bond donors (Lipinski definition) is 1. The summed E-state index contributed by atoms with van der Waals surface area (Å²) in [5.41, 5.74) is -0.149. The van der Waals surface area contributed by atoms with E-state index in [1.54, 1.807) is 5.23 Å². The van der Waals surface area contributed by atoms with Gasteiger partial charge in [-0.15, -0.1) is 0 Å². The molecule has 4 atom stereocenters. The summed E-state index contributed by atoms with van der Waals surface area (Å²) in [6.45, 7) is 7.43. The fourth-order valence-corrected chi connectivity index (χ4v) is 8.01. The summed E-state index contributed by atoms with van der Waals surface area (Å²) < 4.78 is 6.47. The van der Waals surface area contributed by atoms with Crippen LogP contribution in [0.1, 0.15) is 64.7 Å². The summed E-state index contributed by atoms with van der Waals surface area (Å²) in [6.07, 6.45) is 11.5. The molecule has 3 saturated heterocycles. The van der Waals surface area contributed by atoms with Gasteiger partial charge in [0.25, 0.3) is 0 Å². The van der Waals surface area contributed by atoms with Crippen LogP contribution in [0.3, 0.4) is 0 Å². The molecule has 0 unspecified atom stereocenters. The van der Waals surface area contributed by atoms with Crippen molar-refractivity contribution < 1.29 is 19.2 Å². The molecule has 0 radical (unpaired) electrons. The molecule has 0 aliphatic carbocycles. The lowest BCUT2D eigenvalue weighted by atomic mass is 9.87. The minimum absolute atomic E-state index is 0.0266. The molecule has 3 rings (SSSR count). The lowest BCUT2D eigenvalue weighted by Crippen LogP contribution is -2.50. The molecule has 0 aromatic rings. The van der Waals surface area contributed by atoms with Crippen LogP contribution in [-0.2, 0) is 14.1 Å². The average Bonchev–Trinajstić information content (AvgIpc) is 3.13. The second kappa shape index (κ2) is 7.72. The van der Waals surface area contributed by atoms with Gasteiger partial charge in [-0.05, 0) is 19.5 Å². The Morgan fingerprint density at radius 3 is 2.42 bits per heavy atom. The van der Waals surface area contributed by atoms with Gasteiger partial charge in [0, 0.05) is 5.54 Å². The Hall–Kier alpha value is 0.0169. The molecule has 6 heteroatoms. The predicted molar refractivity (Wildman–Crippen MR) is 95.8 cm³/mol. The number of nitrogens with zero attached hydrogens (tertiary/aromatic N) is 1. The third-order valence-electron chi connectivity index (χ3n) is 6.23. The first-order valence-corrected chi connectivity index (χ1v) is 12.9. The van der Waals surface area contributed by atoms with E-state index in [1.165, 1.54) is 51.4 Å². The van der Waals surface area contributed by atoms with Gasteiger partial charge in [-0.3, -0.25) is 9.68 Å². The molecule has 0 spiro atoms. The summed E-state index contributed by atoms with van der Waals surface area (Å²) in [5, 5.41) is 11.7. The maximum Gasteiger partial charge on any atom is 0.195 e. The Morgan fingerprint density at radius 1 is 1.08 bits per heavy atom. The minimum Gasteiger partial charge on any atom is -0.409 e. The van der Waals surface area contributed by atoms with Crippen molar-refractivity contribution in [2.45, 2.75) is 101 Å². The highest BCUT2D eigenvalue weighted by atomic mass is 28.4. The second-order valence-corrected chi connectivity index (χ2v) is 12.4. The van der Waals surface area contributed by atoms with Gasteiger partial charge < -0.3 is 9.53 Å². The van der Waals surface area contributed by atoms with E-state index in [2.05, 4.69) is 20.0 Å². The van der Waals surface area contributed by atoms with Gasteiger partial charge >= 0.3 is 0 Å². The van der Waals surface area contributed by atoms with Gasteiger partial charge in [0.15, 0.2) is 8.32 Å². The highest BCUT2D eigenvalue weighted by Gasteiger charge is 2.73. The molecule has 140 valence electrons. The third-order valence-corrected chi connectivity index (χ3v) is 9.44. The molecule has 5 nitrogen and oxygen atoms in total. The first kappa shape index (κ1) is 18.8. The van der Waals surface area contributed by atoms with Crippen molar-refractivity contribution in [2.75, 3.05) is 13.2 Å². The molecule has 0 saturated carbocycles. The van der Waals surface area contributed by atoms with Crippen LogP contribution in [-0.4, -0.2) is 49.6 Å². The topological polar surface area (TPSA) is 51.2 Å². The van der Waals surface area contributed by atoms with Crippen molar-refractivity contribution in [1.82, 2.24) is 5.23 Å². The first-order chi connectivity index (χ1) is 11.6. The molecule has 0 aromatic heterocycles. The van der Waals surface area contributed by atoms with Crippen molar-refractivity contribution in [3.8, 4) is 0 Å². The highest BCUT2D eigenvalue weighted by Crippen LogP contribution is 2.58. The average molecular weight is 358 g/mol. The van der Waals surface area contributed by atoms with Crippen LogP contribution in [0.25, 0.3) is 0 Å². The van der Waals surface area contributed by atoms with Crippen molar-refractivity contribution in [2.24, 2.45) is 0 Å². The normalized spacial score (nSPS) is 37.2. The summed E-state index contributed by atoms with van der Waals surface area (Å²) >= 11 is 0. The monoisotopic (exact) mass is 357 g/mol. The maximum atomic E-state index is 10.1. The van der Waals surface area contributed by atoms with Gasteiger partial charge in [0.05, 0.1) is 19.3 Å². The van der Waals surface area contributed by atoms with Gasteiger partial charge in [0.1, 0.15) is 11.6 Å². The zero-order valence-electron chi connectivity index (χ0n) is 15.6. The van der Waals surface area contributed by atoms with E-state index in [4.69, 9.17) is 14.1 Å². The second-order valence-electron chi connectivity index (χ2n) is 8.30. The molecule has 0 amide bonds. The van der Waals surface area contributed by atoms with Crippen LogP contribution >= 0.6 is 0 Å². The molecule has 3 fully saturated rings. The van der Waals surface area contributed by atoms with E-state index in [0.29, 0.717) is 12.1 Å². The van der Waals surface area contributed by atoms with Gasteiger partial charge in [-0.25, -0.2) is 0 Å². The molecule has 24 heavy (non-hydrogen) atoms. The van der Waals surface area contributed by atoms with E-state index in [0.717, 1.165) is 6.42 Å². The lowest BCUT2D eigenvalue weighted by Gasteiger charge is -2.28. The molecule has 3 aliphatic heterocycles. The van der Waals surface area contributed by atoms with Crippen LogP contribution in [0.5, 0.6) is 0 Å². The van der Waals surface area contributed by atoms with E-state index in [1.807, 2.05) is 0 Å². The lowest BCUT2D eigenvalue weighted by molar-refractivity contribution is -0.361. The van der Waals surface area contributed by atoms with Crippen LogP contribution < -0.4 is 0 Å². The van der Waals surface area contributed by atoms with Gasteiger partial charge in [0.2, 0.25) is 0 Å². The van der Waals surface area contributed by atoms with Crippen LogP contribution in [0.4, 0.5) is 0 Å².